The fraction of sp³-hybridized carbons (Fsp3) is 0.727. The zero-order valence-corrected chi connectivity index (χ0v) is 17.8. The number of aliphatic hydroxyl groups is 2. The molecule has 0 saturated heterocycles. The highest BCUT2D eigenvalue weighted by molar-refractivity contribution is 8.01. The van der Waals surface area contributed by atoms with Gasteiger partial charge in [0.2, 0.25) is 4.93 Å². The Morgan fingerprint density at radius 1 is 1.21 bits per heavy atom. The summed E-state index contributed by atoms with van der Waals surface area (Å²) >= 11 is 0.824. The van der Waals surface area contributed by atoms with Crippen LogP contribution < -0.4 is 0 Å². The average molecular weight is 413 g/mol. The molecule has 1 aliphatic rings. The minimum absolute atomic E-state index is 0.0211. The van der Waals surface area contributed by atoms with Crippen LogP contribution in [0.15, 0.2) is 24.3 Å². The third-order valence-electron chi connectivity index (χ3n) is 5.23. The predicted octanol–water partition coefficient (Wildman–Crippen LogP) is 4.33. The molecule has 6 heteroatoms. The Kier molecular flexibility index (Phi) is 12.4. The van der Waals surface area contributed by atoms with Crippen LogP contribution in [0.4, 0.5) is 0 Å². The first kappa shape index (κ1) is 24.9. The number of aliphatic carboxylic acids is 1. The van der Waals surface area contributed by atoms with Gasteiger partial charge in [0, 0.05) is 24.5 Å². The number of Topliss-reactive ketones (excluding diaryl/α,β-unsaturated/α-hetero) is 1. The first-order valence-electron chi connectivity index (χ1n) is 10.5. The van der Waals surface area contributed by atoms with Crippen LogP contribution in [0.1, 0.15) is 71.1 Å². The fourth-order valence-electron chi connectivity index (χ4n) is 3.56. The molecular formula is C22H36O5S. The van der Waals surface area contributed by atoms with Crippen molar-refractivity contribution in [2.75, 3.05) is 12.4 Å². The summed E-state index contributed by atoms with van der Waals surface area (Å²) in [7, 11) is 0. The predicted molar refractivity (Wildman–Crippen MR) is 114 cm³/mol. The van der Waals surface area contributed by atoms with Gasteiger partial charge in [-0.2, -0.15) is 0 Å². The van der Waals surface area contributed by atoms with Gasteiger partial charge in [0.15, 0.2) is 0 Å². The van der Waals surface area contributed by atoms with Gasteiger partial charge in [-0.25, -0.2) is 4.79 Å². The summed E-state index contributed by atoms with van der Waals surface area (Å²) in [5, 5.41) is 28.1. The normalized spacial score (nSPS) is 22.3. The topological polar surface area (TPSA) is 94.8 Å². The molecule has 0 amide bonds. The number of thioether (sulfide) groups is 1. The van der Waals surface area contributed by atoms with Crippen molar-refractivity contribution in [3.8, 4) is 0 Å². The number of aliphatic hydroxyl groups excluding tert-OH is 1. The van der Waals surface area contributed by atoms with Gasteiger partial charge in [0.05, 0.1) is 6.61 Å². The Morgan fingerprint density at radius 3 is 2.68 bits per heavy atom. The molecule has 1 unspecified atom stereocenters. The van der Waals surface area contributed by atoms with E-state index in [-0.39, 0.29) is 24.7 Å². The zero-order valence-electron chi connectivity index (χ0n) is 17.0. The van der Waals surface area contributed by atoms with Crippen LogP contribution in [0.25, 0.3) is 0 Å². The van der Waals surface area contributed by atoms with Crippen molar-refractivity contribution in [1.29, 1.82) is 0 Å². The van der Waals surface area contributed by atoms with E-state index in [1.807, 2.05) is 6.08 Å². The number of unbranched alkanes of at least 4 members (excludes halogenated alkanes) is 4. The number of carboxylic acid groups (broad SMARTS) is 1. The minimum Gasteiger partial charge on any atom is -0.478 e. The lowest BCUT2D eigenvalue weighted by molar-refractivity contribution is -0.149. The number of allylic oxidation sites excluding steroid dienone is 3. The Morgan fingerprint density at radius 2 is 2.00 bits per heavy atom. The van der Waals surface area contributed by atoms with Crippen LogP contribution in [-0.2, 0) is 9.59 Å². The molecule has 5 nitrogen and oxygen atoms in total. The Labute approximate surface area is 173 Å². The summed E-state index contributed by atoms with van der Waals surface area (Å²) in [5.41, 5.74) is 0. The van der Waals surface area contributed by atoms with E-state index >= 15 is 0 Å². The highest BCUT2D eigenvalue weighted by atomic mass is 32.2. The lowest BCUT2D eigenvalue weighted by Gasteiger charge is -2.20. The highest BCUT2D eigenvalue weighted by Crippen LogP contribution is 2.34. The number of carboxylic acids is 1. The van der Waals surface area contributed by atoms with Crippen molar-refractivity contribution in [1.82, 2.24) is 0 Å². The average Bonchev–Trinajstić information content (AvgIpc) is 3.02. The molecule has 160 valence electrons. The van der Waals surface area contributed by atoms with E-state index in [1.165, 1.54) is 25.7 Å². The number of ketones is 1. The molecular weight excluding hydrogens is 376 g/mol. The van der Waals surface area contributed by atoms with Gasteiger partial charge in [0.25, 0.3) is 0 Å². The molecule has 0 bridgehead atoms. The number of hydrogen-bond donors (Lipinski definition) is 3. The van der Waals surface area contributed by atoms with E-state index in [4.69, 9.17) is 10.2 Å². The quantitative estimate of drug-likeness (QED) is 0.210. The molecule has 0 radical (unpaired) electrons. The molecule has 1 rings (SSSR count). The van der Waals surface area contributed by atoms with Gasteiger partial charge in [0.1, 0.15) is 5.78 Å². The number of carbonyl (C=O) groups is 2. The molecule has 3 atom stereocenters. The van der Waals surface area contributed by atoms with Gasteiger partial charge in [-0.1, -0.05) is 50.5 Å². The van der Waals surface area contributed by atoms with Crippen molar-refractivity contribution >= 4 is 23.5 Å². The molecule has 0 aliphatic heterocycles. The van der Waals surface area contributed by atoms with Gasteiger partial charge in [-0.15, -0.1) is 11.8 Å². The maximum absolute atomic E-state index is 12.2. The monoisotopic (exact) mass is 412 g/mol. The summed E-state index contributed by atoms with van der Waals surface area (Å²) in [5.74, 6) is -0.429. The van der Waals surface area contributed by atoms with Crippen LogP contribution >= 0.6 is 11.8 Å². The molecule has 28 heavy (non-hydrogen) atoms. The molecule has 0 aromatic rings. The van der Waals surface area contributed by atoms with E-state index in [0.29, 0.717) is 24.5 Å². The summed E-state index contributed by atoms with van der Waals surface area (Å²) in [6, 6.07) is 0. The van der Waals surface area contributed by atoms with E-state index < -0.39 is 10.9 Å². The van der Waals surface area contributed by atoms with E-state index in [1.54, 1.807) is 6.08 Å². The smallest absolute Gasteiger partial charge is 0.346 e. The summed E-state index contributed by atoms with van der Waals surface area (Å²) in [6.45, 7) is 2.02. The zero-order chi connectivity index (χ0) is 20.8. The maximum atomic E-state index is 12.2. The van der Waals surface area contributed by atoms with Gasteiger partial charge in [-0.3, -0.25) is 4.79 Å². The van der Waals surface area contributed by atoms with Crippen molar-refractivity contribution < 1.29 is 24.9 Å². The Bertz CT molecular complexity index is 531. The highest BCUT2D eigenvalue weighted by Gasteiger charge is 2.35. The van der Waals surface area contributed by atoms with E-state index in [9.17, 15) is 14.7 Å². The third kappa shape index (κ3) is 8.93. The molecule has 0 spiro atoms. The summed E-state index contributed by atoms with van der Waals surface area (Å²) in [4.78, 5) is 21.5. The standard InChI is InChI=1S/C22H36O5S/c1-2-3-4-5-6-8-11-18-13-14-20(24)19(18)12-9-7-10-15-22(27,21(25)26)28-17-16-23/h7-8,10-11,18-19,23,27H,2-6,9,12-17H2,1H3,(H,25,26)/t18-,19+,22?/m0/s1. The summed E-state index contributed by atoms with van der Waals surface area (Å²) in [6.07, 6.45) is 17.0. The second kappa shape index (κ2) is 14.0. The van der Waals surface area contributed by atoms with Crippen LogP contribution in [0, 0.1) is 11.8 Å². The van der Waals surface area contributed by atoms with Crippen molar-refractivity contribution in [2.24, 2.45) is 11.8 Å². The Hall–Kier alpha value is -1.11. The van der Waals surface area contributed by atoms with Gasteiger partial charge in [-0.05, 0) is 38.0 Å². The largest absolute Gasteiger partial charge is 0.478 e. The molecule has 0 aromatic carbocycles. The van der Waals surface area contributed by atoms with Crippen molar-refractivity contribution in [3.63, 3.8) is 0 Å². The lowest BCUT2D eigenvalue weighted by Crippen LogP contribution is -2.34. The first-order chi connectivity index (χ1) is 13.4. The number of rotatable bonds is 15. The minimum atomic E-state index is -1.91. The molecule has 1 fully saturated rings. The fourth-order valence-corrected chi connectivity index (χ4v) is 4.33. The van der Waals surface area contributed by atoms with Crippen LogP contribution in [0.3, 0.4) is 0 Å². The third-order valence-corrected chi connectivity index (χ3v) is 6.44. The Balaban J connectivity index is 2.41. The molecule has 1 saturated carbocycles. The number of carbonyl (C=O) groups excluding carboxylic acids is 1. The first-order valence-corrected chi connectivity index (χ1v) is 11.5. The lowest BCUT2D eigenvalue weighted by atomic mass is 9.90. The molecule has 0 heterocycles. The van der Waals surface area contributed by atoms with E-state index in [2.05, 4.69) is 19.1 Å². The van der Waals surface area contributed by atoms with E-state index in [0.717, 1.165) is 31.0 Å². The van der Waals surface area contributed by atoms with Crippen LogP contribution in [0.5, 0.6) is 0 Å². The van der Waals surface area contributed by atoms with Crippen molar-refractivity contribution in [3.05, 3.63) is 24.3 Å². The molecule has 3 N–H and O–H groups in total. The second-order valence-electron chi connectivity index (χ2n) is 7.47. The van der Waals surface area contributed by atoms with Gasteiger partial charge < -0.3 is 15.3 Å². The van der Waals surface area contributed by atoms with Gasteiger partial charge >= 0.3 is 5.97 Å². The molecule has 0 aromatic heterocycles. The van der Waals surface area contributed by atoms with Crippen molar-refractivity contribution in [2.45, 2.75) is 76.1 Å². The second-order valence-corrected chi connectivity index (χ2v) is 8.84. The molecule has 1 aliphatic carbocycles. The summed E-state index contributed by atoms with van der Waals surface area (Å²) < 4.78 is 0. The SMILES string of the molecule is CCCCCCC=C[C@H]1CCC(=O)[C@@H]1CCC=CCC(O)(SCCO)C(=O)O. The van der Waals surface area contributed by atoms with Crippen LogP contribution in [-0.4, -0.2) is 44.4 Å². The number of hydrogen-bond acceptors (Lipinski definition) is 5. The maximum Gasteiger partial charge on any atom is 0.346 e. The van der Waals surface area contributed by atoms with Crippen LogP contribution in [0.2, 0.25) is 0 Å².